The summed E-state index contributed by atoms with van der Waals surface area (Å²) >= 11 is 0. The van der Waals surface area contributed by atoms with Crippen molar-refractivity contribution >= 4 is 10.0 Å². The summed E-state index contributed by atoms with van der Waals surface area (Å²) in [5.41, 5.74) is 1.02. The molecule has 0 saturated heterocycles. The lowest BCUT2D eigenvalue weighted by Crippen LogP contribution is -2.28. The molecule has 0 aromatic heterocycles. The molecule has 0 saturated carbocycles. The van der Waals surface area contributed by atoms with Crippen molar-refractivity contribution in [3.05, 3.63) is 29.8 Å². The SMILES string of the molecule is CCNC(CC)c1cccc(S(=O)(=O)NCC(C)CC)c1. The first kappa shape index (κ1) is 18.1. The summed E-state index contributed by atoms with van der Waals surface area (Å²) < 4.78 is 27.4. The zero-order valence-corrected chi connectivity index (χ0v) is 14.3. The molecule has 21 heavy (non-hydrogen) atoms. The Balaban J connectivity index is 2.92. The Bertz CT molecular complexity index is 529. The molecular formula is C16H28N2O2S. The second kappa shape index (κ2) is 8.51. The van der Waals surface area contributed by atoms with Gasteiger partial charge < -0.3 is 5.32 Å². The lowest BCUT2D eigenvalue weighted by molar-refractivity contribution is 0.526. The first-order valence-corrected chi connectivity index (χ1v) is 9.25. The van der Waals surface area contributed by atoms with Crippen molar-refractivity contribution in [1.29, 1.82) is 0 Å². The molecule has 0 fully saturated rings. The highest BCUT2D eigenvalue weighted by atomic mass is 32.2. The lowest BCUT2D eigenvalue weighted by atomic mass is 10.0. The summed E-state index contributed by atoms with van der Waals surface area (Å²) in [5, 5.41) is 3.37. The van der Waals surface area contributed by atoms with E-state index in [1.165, 1.54) is 0 Å². The van der Waals surface area contributed by atoms with Crippen LogP contribution < -0.4 is 10.0 Å². The maximum atomic E-state index is 12.3. The van der Waals surface area contributed by atoms with E-state index in [1.54, 1.807) is 12.1 Å². The summed E-state index contributed by atoms with van der Waals surface area (Å²) in [4.78, 5) is 0.347. The standard InChI is InChI=1S/C16H28N2O2S/c1-5-13(4)12-18-21(19,20)15-10-8-9-14(11-15)16(6-2)17-7-3/h8-11,13,16-18H,5-7,12H2,1-4H3. The monoisotopic (exact) mass is 312 g/mol. The predicted molar refractivity (Wildman–Crippen MR) is 87.8 cm³/mol. The first-order valence-electron chi connectivity index (χ1n) is 7.77. The quantitative estimate of drug-likeness (QED) is 0.737. The Morgan fingerprint density at radius 1 is 1.14 bits per heavy atom. The largest absolute Gasteiger partial charge is 0.310 e. The van der Waals surface area contributed by atoms with E-state index in [9.17, 15) is 8.42 Å². The maximum Gasteiger partial charge on any atom is 0.240 e. The molecule has 1 aromatic carbocycles. The Morgan fingerprint density at radius 2 is 1.86 bits per heavy atom. The van der Waals surface area contributed by atoms with Gasteiger partial charge in [0.25, 0.3) is 0 Å². The molecule has 0 aliphatic rings. The van der Waals surface area contributed by atoms with Gasteiger partial charge in [-0.15, -0.1) is 0 Å². The van der Waals surface area contributed by atoms with E-state index < -0.39 is 10.0 Å². The molecule has 0 bridgehead atoms. The third kappa shape index (κ3) is 5.41. The van der Waals surface area contributed by atoms with Gasteiger partial charge in [0.1, 0.15) is 0 Å². The highest BCUT2D eigenvalue weighted by Crippen LogP contribution is 2.20. The Morgan fingerprint density at radius 3 is 2.43 bits per heavy atom. The maximum absolute atomic E-state index is 12.3. The summed E-state index contributed by atoms with van der Waals surface area (Å²) in [6.07, 6.45) is 1.89. The van der Waals surface area contributed by atoms with Gasteiger partial charge in [-0.05, 0) is 36.6 Å². The Kier molecular flexibility index (Phi) is 7.35. The summed E-state index contributed by atoms with van der Waals surface area (Å²) in [6.45, 7) is 9.58. The molecule has 2 N–H and O–H groups in total. The van der Waals surface area contributed by atoms with Crippen molar-refractivity contribution < 1.29 is 8.42 Å². The van der Waals surface area contributed by atoms with E-state index >= 15 is 0 Å². The van der Waals surface area contributed by atoms with Crippen molar-refractivity contribution in [2.75, 3.05) is 13.1 Å². The normalized spacial score (nSPS) is 14.9. The number of nitrogens with one attached hydrogen (secondary N) is 2. The van der Waals surface area contributed by atoms with E-state index in [2.05, 4.69) is 30.8 Å². The number of benzene rings is 1. The number of rotatable bonds is 9. The number of hydrogen-bond acceptors (Lipinski definition) is 3. The van der Waals surface area contributed by atoms with E-state index in [1.807, 2.05) is 19.1 Å². The fourth-order valence-electron chi connectivity index (χ4n) is 2.12. The van der Waals surface area contributed by atoms with Gasteiger partial charge in [-0.1, -0.05) is 46.2 Å². The fourth-order valence-corrected chi connectivity index (χ4v) is 3.34. The van der Waals surface area contributed by atoms with E-state index in [4.69, 9.17) is 0 Å². The minimum Gasteiger partial charge on any atom is -0.310 e. The van der Waals surface area contributed by atoms with Crippen molar-refractivity contribution in [3.63, 3.8) is 0 Å². The van der Waals surface area contributed by atoms with Gasteiger partial charge in [-0.25, -0.2) is 13.1 Å². The first-order chi connectivity index (χ1) is 9.94. The van der Waals surface area contributed by atoms with Gasteiger partial charge in [-0.3, -0.25) is 0 Å². The van der Waals surface area contributed by atoms with Crippen LogP contribution in [0.5, 0.6) is 0 Å². The van der Waals surface area contributed by atoms with Crippen LogP contribution in [0.3, 0.4) is 0 Å². The van der Waals surface area contributed by atoms with Crippen molar-refractivity contribution in [2.24, 2.45) is 5.92 Å². The topological polar surface area (TPSA) is 58.2 Å². The van der Waals surface area contributed by atoms with Crippen LogP contribution in [-0.2, 0) is 10.0 Å². The van der Waals surface area contributed by atoms with Crippen LogP contribution in [0.4, 0.5) is 0 Å². The van der Waals surface area contributed by atoms with Gasteiger partial charge in [-0.2, -0.15) is 0 Å². The molecule has 0 amide bonds. The fraction of sp³-hybridized carbons (Fsp3) is 0.625. The third-order valence-corrected chi connectivity index (χ3v) is 5.17. The number of hydrogen-bond donors (Lipinski definition) is 2. The second-order valence-electron chi connectivity index (χ2n) is 5.46. The summed E-state index contributed by atoms with van der Waals surface area (Å²) in [6, 6.07) is 7.41. The molecule has 0 heterocycles. The van der Waals surface area contributed by atoms with Crippen LogP contribution in [0.25, 0.3) is 0 Å². The molecular weight excluding hydrogens is 284 g/mol. The highest BCUT2D eigenvalue weighted by molar-refractivity contribution is 7.89. The Labute approximate surface area is 129 Å². The van der Waals surface area contributed by atoms with Crippen LogP contribution in [0.1, 0.15) is 52.1 Å². The van der Waals surface area contributed by atoms with Gasteiger partial charge in [0, 0.05) is 12.6 Å². The molecule has 4 nitrogen and oxygen atoms in total. The van der Waals surface area contributed by atoms with Crippen LogP contribution >= 0.6 is 0 Å². The molecule has 0 aliphatic heterocycles. The van der Waals surface area contributed by atoms with Gasteiger partial charge >= 0.3 is 0 Å². The average molecular weight is 312 g/mol. The van der Waals surface area contributed by atoms with Crippen molar-refractivity contribution in [2.45, 2.75) is 51.5 Å². The third-order valence-electron chi connectivity index (χ3n) is 3.75. The smallest absolute Gasteiger partial charge is 0.240 e. The summed E-state index contributed by atoms with van der Waals surface area (Å²) in [5.74, 6) is 0.341. The highest BCUT2D eigenvalue weighted by Gasteiger charge is 2.17. The molecule has 1 aromatic rings. The van der Waals surface area contributed by atoms with Crippen LogP contribution in [0.15, 0.2) is 29.2 Å². The molecule has 2 atom stereocenters. The van der Waals surface area contributed by atoms with Gasteiger partial charge in [0.05, 0.1) is 4.90 Å². The van der Waals surface area contributed by atoms with Crippen LogP contribution in [0, 0.1) is 5.92 Å². The van der Waals surface area contributed by atoms with Crippen molar-refractivity contribution in [3.8, 4) is 0 Å². The van der Waals surface area contributed by atoms with E-state index in [0.717, 1.165) is 24.9 Å². The molecule has 0 radical (unpaired) electrons. The van der Waals surface area contributed by atoms with E-state index in [0.29, 0.717) is 17.4 Å². The van der Waals surface area contributed by atoms with Crippen molar-refractivity contribution in [1.82, 2.24) is 10.0 Å². The number of sulfonamides is 1. The zero-order chi connectivity index (χ0) is 15.9. The molecule has 0 aliphatic carbocycles. The van der Waals surface area contributed by atoms with Gasteiger partial charge in [0.2, 0.25) is 10.0 Å². The molecule has 1 rings (SSSR count). The second-order valence-corrected chi connectivity index (χ2v) is 7.22. The molecule has 120 valence electrons. The molecule has 0 spiro atoms. The van der Waals surface area contributed by atoms with Crippen LogP contribution in [0.2, 0.25) is 0 Å². The average Bonchev–Trinajstić information content (AvgIpc) is 2.50. The minimum absolute atomic E-state index is 0.194. The lowest BCUT2D eigenvalue weighted by Gasteiger charge is -2.17. The van der Waals surface area contributed by atoms with Crippen LogP contribution in [-0.4, -0.2) is 21.5 Å². The zero-order valence-electron chi connectivity index (χ0n) is 13.5. The van der Waals surface area contributed by atoms with Gasteiger partial charge in [0.15, 0.2) is 0 Å². The minimum atomic E-state index is -3.42. The summed E-state index contributed by atoms with van der Waals surface area (Å²) in [7, 11) is -3.42. The molecule has 5 heteroatoms. The predicted octanol–water partition coefficient (Wildman–Crippen LogP) is 3.07. The Hall–Kier alpha value is -0.910. The molecule has 2 unspecified atom stereocenters. The van der Waals surface area contributed by atoms with E-state index in [-0.39, 0.29) is 6.04 Å².